The molecule has 1 amide bonds. The summed E-state index contributed by atoms with van der Waals surface area (Å²) in [5, 5.41) is 1.88. The third kappa shape index (κ3) is 5.12. The van der Waals surface area contributed by atoms with Gasteiger partial charge < -0.3 is 0 Å². The van der Waals surface area contributed by atoms with Gasteiger partial charge in [-0.05, 0) is 49.6 Å². The summed E-state index contributed by atoms with van der Waals surface area (Å²) in [6, 6.07) is 11.3. The van der Waals surface area contributed by atoms with Gasteiger partial charge in [-0.25, -0.2) is 23.1 Å². The van der Waals surface area contributed by atoms with Gasteiger partial charge in [0.15, 0.2) is 0 Å². The molecule has 0 unspecified atom stereocenters. The van der Waals surface area contributed by atoms with E-state index in [1.807, 2.05) is 37.4 Å². The van der Waals surface area contributed by atoms with E-state index in [0.29, 0.717) is 0 Å². The smallest absolute Gasteiger partial charge is 0.267 e. The van der Waals surface area contributed by atoms with E-state index in [1.165, 1.54) is 35.6 Å². The Morgan fingerprint density at radius 1 is 1.07 bits per heavy atom. The molecule has 0 aliphatic carbocycles. The van der Waals surface area contributed by atoms with Gasteiger partial charge in [-0.2, -0.15) is 0 Å². The third-order valence-electron chi connectivity index (χ3n) is 3.69. The van der Waals surface area contributed by atoms with Crippen molar-refractivity contribution in [3.05, 3.63) is 69.7 Å². The first kappa shape index (κ1) is 19.9. The molecule has 0 spiro atoms. The molecule has 0 aliphatic heterocycles. The van der Waals surface area contributed by atoms with Crippen molar-refractivity contribution in [2.24, 2.45) is 0 Å². The number of sulfonamides is 1. The third-order valence-corrected chi connectivity index (χ3v) is 5.97. The molecule has 0 fully saturated rings. The highest BCUT2D eigenvalue weighted by Gasteiger charge is 2.16. The van der Waals surface area contributed by atoms with Gasteiger partial charge in [-0.1, -0.05) is 12.1 Å². The van der Waals surface area contributed by atoms with E-state index in [2.05, 4.69) is 25.5 Å². The van der Waals surface area contributed by atoms with Crippen molar-refractivity contribution in [2.45, 2.75) is 25.3 Å². The minimum absolute atomic E-state index is 0.0133. The predicted octanol–water partition coefficient (Wildman–Crippen LogP) is 2.39. The average Bonchev–Trinajstić information content (AvgIpc) is 3.18. The fraction of sp³-hybridized carbons (Fsp3) is 0.167. The molecule has 0 saturated carbocycles. The first-order valence-corrected chi connectivity index (χ1v) is 10.7. The van der Waals surface area contributed by atoms with Crippen molar-refractivity contribution in [1.29, 1.82) is 0 Å². The highest BCUT2D eigenvalue weighted by molar-refractivity contribution is 7.89. The number of carbonyl (C=O) groups excluding carboxylic acids is 1. The number of aromatic nitrogens is 2. The Labute approximate surface area is 167 Å². The van der Waals surface area contributed by atoms with Crippen molar-refractivity contribution < 1.29 is 13.2 Å². The Morgan fingerprint density at radius 2 is 1.82 bits per heavy atom. The number of anilines is 1. The second kappa shape index (κ2) is 8.46. The Kier molecular flexibility index (Phi) is 6.02. The molecule has 2 heterocycles. The molecule has 0 radical (unpaired) electrons. The number of rotatable bonds is 7. The zero-order valence-electron chi connectivity index (χ0n) is 15.3. The fourth-order valence-electron chi connectivity index (χ4n) is 2.43. The van der Waals surface area contributed by atoms with E-state index in [9.17, 15) is 13.2 Å². The molecule has 8 nitrogen and oxygen atoms in total. The summed E-state index contributed by atoms with van der Waals surface area (Å²) < 4.78 is 27.5. The minimum atomic E-state index is -3.74. The molecule has 0 bridgehead atoms. The molecule has 146 valence electrons. The summed E-state index contributed by atoms with van der Waals surface area (Å²) in [6.45, 7) is 3.83. The summed E-state index contributed by atoms with van der Waals surface area (Å²) in [5.41, 5.74) is 6.82. The standard InChI is InChI=1S/C18H19N5O3S2/c1-12-9-13(2)21-18(20-12)23-22-17(24)14-5-3-7-16(10-14)28(25,26)19-11-15-6-4-8-27-15/h3-10,19H,11H2,1-2H3,(H,22,24)(H,20,21,23). The monoisotopic (exact) mass is 417 g/mol. The summed E-state index contributed by atoms with van der Waals surface area (Å²) >= 11 is 1.46. The van der Waals surface area contributed by atoms with Crippen LogP contribution >= 0.6 is 11.3 Å². The second-order valence-corrected chi connectivity index (χ2v) is 8.78. The number of hydrogen-bond acceptors (Lipinski definition) is 7. The van der Waals surface area contributed by atoms with E-state index < -0.39 is 15.9 Å². The van der Waals surface area contributed by atoms with Crippen LogP contribution in [0.4, 0.5) is 5.95 Å². The van der Waals surface area contributed by atoms with E-state index in [0.717, 1.165) is 16.3 Å². The summed E-state index contributed by atoms with van der Waals surface area (Å²) in [4.78, 5) is 21.6. The molecule has 1 aromatic carbocycles. The lowest BCUT2D eigenvalue weighted by atomic mass is 10.2. The maximum absolute atomic E-state index is 12.5. The maximum atomic E-state index is 12.5. The number of hydrogen-bond donors (Lipinski definition) is 3. The van der Waals surface area contributed by atoms with Gasteiger partial charge in [0.2, 0.25) is 16.0 Å². The first-order chi connectivity index (χ1) is 13.3. The van der Waals surface area contributed by atoms with Crippen molar-refractivity contribution in [2.75, 3.05) is 5.43 Å². The summed E-state index contributed by atoms with van der Waals surface area (Å²) in [5.74, 6) is -0.245. The fourth-order valence-corrected chi connectivity index (χ4v) is 4.22. The normalized spacial score (nSPS) is 11.2. The van der Waals surface area contributed by atoms with Crippen LogP contribution in [0, 0.1) is 13.8 Å². The number of carbonyl (C=O) groups is 1. The van der Waals surface area contributed by atoms with Crippen LogP contribution < -0.4 is 15.6 Å². The predicted molar refractivity (Wildman–Crippen MR) is 107 cm³/mol. The van der Waals surface area contributed by atoms with Gasteiger partial charge in [0.05, 0.1) is 4.90 Å². The van der Waals surface area contributed by atoms with Crippen LogP contribution in [0.25, 0.3) is 0 Å². The highest BCUT2D eigenvalue weighted by atomic mass is 32.2. The van der Waals surface area contributed by atoms with E-state index >= 15 is 0 Å². The Hall–Kier alpha value is -2.82. The number of nitrogens with zero attached hydrogens (tertiary/aromatic N) is 2. The summed E-state index contributed by atoms with van der Waals surface area (Å²) in [6.07, 6.45) is 0. The molecular formula is C18H19N5O3S2. The molecule has 3 aromatic rings. The molecule has 0 aliphatic rings. The zero-order valence-corrected chi connectivity index (χ0v) is 16.9. The van der Waals surface area contributed by atoms with Crippen molar-refractivity contribution in [3.63, 3.8) is 0 Å². The zero-order chi connectivity index (χ0) is 20.1. The second-order valence-electron chi connectivity index (χ2n) is 5.99. The lowest BCUT2D eigenvalue weighted by molar-refractivity contribution is 0.0962. The number of hydrazine groups is 1. The Balaban J connectivity index is 1.68. The van der Waals surface area contributed by atoms with Gasteiger partial charge in [0.25, 0.3) is 5.91 Å². The highest BCUT2D eigenvalue weighted by Crippen LogP contribution is 2.14. The van der Waals surface area contributed by atoms with E-state index in [1.54, 1.807) is 0 Å². The number of thiophene rings is 1. The SMILES string of the molecule is Cc1cc(C)nc(NNC(=O)c2cccc(S(=O)(=O)NCc3cccs3)c2)n1. The molecule has 28 heavy (non-hydrogen) atoms. The Morgan fingerprint density at radius 3 is 2.50 bits per heavy atom. The maximum Gasteiger partial charge on any atom is 0.269 e. The number of aryl methyl sites for hydroxylation is 2. The number of nitrogens with one attached hydrogen (secondary N) is 3. The van der Waals surface area contributed by atoms with Crippen molar-refractivity contribution >= 4 is 33.2 Å². The van der Waals surface area contributed by atoms with Gasteiger partial charge in [-0.3, -0.25) is 15.6 Å². The van der Waals surface area contributed by atoms with Crippen LogP contribution in [0.1, 0.15) is 26.6 Å². The molecule has 3 N–H and O–H groups in total. The lowest BCUT2D eigenvalue weighted by Crippen LogP contribution is -2.31. The van der Waals surface area contributed by atoms with Crippen LogP contribution in [0.15, 0.2) is 52.7 Å². The van der Waals surface area contributed by atoms with Crippen molar-refractivity contribution in [3.8, 4) is 0 Å². The van der Waals surface area contributed by atoms with Gasteiger partial charge >= 0.3 is 0 Å². The first-order valence-electron chi connectivity index (χ1n) is 8.34. The largest absolute Gasteiger partial charge is 0.269 e. The number of benzene rings is 1. The van der Waals surface area contributed by atoms with Crippen LogP contribution in [0.3, 0.4) is 0 Å². The molecule has 10 heteroatoms. The van der Waals surface area contributed by atoms with Crippen LogP contribution in [-0.2, 0) is 16.6 Å². The molecule has 3 rings (SSSR count). The van der Waals surface area contributed by atoms with Crippen LogP contribution in [-0.4, -0.2) is 24.3 Å². The van der Waals surface area contributed by atoms with E-state index in [4.69, 9.17) is 0 Å². The van der Waals surface area contributed by atoms with E-state index in [-0.39, 0.29) is 23.0 Å². The van der Waals surface area contributed by atoms with Crippen LogP contribution in [0.2, 0.25) is 0 Å². The van der Waals surface area contributed by atoms with Crippen LogP contribution in [0.5, 0.6) is 0 Å². The van der Waals surface area contributed by atoms with Gasteiger partial charge in [0, 0.05) is 28.4 Å². The quantitative estimate of drug-likeness (QED) is 0.509. The minimum Gasteiger partial charge on any atom is -0.267 e. The number of amides is 1. The molecule has 0 saturated heterocycles. The van der Waals surface area contributed by atoms with Crippen molar-refractivity contribution in [1.82, 2.24) is 20.1 Å². The average molecular weight is 418 g/mol. The van der Waals surface area contributed by atoms with Gasteiger partial charge in [-0.15, -0.1) is 11.3 Å². The Bertz CT molecular complexity index is 1060. The summed E-state index contributed by atoms with van der Waals surface area (Å²) in [7, 11) is -3.74. The lowest BCUT2D eigenvalue weighted by Gasteiger charge is -2.10. The molecule has 0 atom stereocenters. The molecule has 2 aromatic heterocycles. The van der Waals surface area contributed by atoms with Gasteiger partial charge in [0.1, 0.15) is 0 Å². The topological polar surface area (TPSA) is 113 Å². The molecular weight excluding hydrogens is 398 g/mol.